The number of nitrogens with zero attached hydrogens (tertiary/aromatic N) is 6. The van der Waals surface area contributed by atoms with Gasteiger partial charge in [0.05, 0.1) is 22.6 Å². The Morgan fingerprint density at radius 1 is 1.11 bits per heavy atom. The van der Waals surface area contributed by atoms with Crippen LogP contribution in [0.3, 0.4) is 0 Å². The van der Waals surface area contributed by atoms with Crippen LogP contribution in [0.2, 0.25) is 5.02 Å². The molecule has 2 aromatic heterocycles. The second-order valence-corrected chi connectivity index (χ2v) is 12.0. The quantitative estimate of drug-likeness (QED) is 0.229. The zero-order valence-electron chi connectivity index (χ0n) is 24.0. The number of benzene rings is 2. The highest BCUT2D eigenvalue weighted by Gasteiger charge is 2.57. The Hall–Kier alpha value is -5.05. The Labute approximate surface area is 258 Å². The van der Waals surface area contributed by atoms with Crippen LogP contribution >= 0.6 is 11.6 Å². The van der Waals surface area contributed by atoms with Crippen LogP contribution in [0, 0.1) is 17.6 Å². The first-order chi connectivity index (χ1) is 21.3. The summed E-state index contributed by atoms with van der Waals surface area (Å²) >= 11 is 6.23. The number of ether oxygens (including phenoxy) is 2. The van der Waals surface area contributed by atoms with Gasteiger partial charge in [-0.05, 0) is 68.0 Å². The lowest BCUT2D eigenvalue weighted by atomic mass is 10.1. The predicted molar refractivity (Wildman–Crippen MR) is 153 cm³/mol. The molecule has 6 rings (SSSR count). The number of Topliss-reactive ketones (excluding diaryl/α,β-unsaturated/α-hetero) is 1. The van der Waals surface area contributed by atoms with E-state index in [4.69, 9.17) is 21.1 Å². The summed E-state index contributed by atoms with van der Waals surface area (Å²) in [7, 11) is 0. The van der Waals surface area contributed by atoms with Crippen LogP contribution in [0.15, 0.2) is 47.5 Å². The SMILES string of the molecule is CC(C)(C)OC(=O)Nc1ccc(C(=O)COC(=O)[C@@H]2[C@H]3C[C@H]3c3nc(-c4cc(Cl)ccc4-n4cnnn4)cc(=O)n32)c(F)c1F. The summed E-state index contributed by atoms with van der Waals surface area (Å²) in [6.07, 6.45) is 0.930. The molecule has 232 valence electrons. The third-order valence-corrected chi connectivity index (χ3v) is 7.51. The summed E-state index contributed by atoms with van der Waals surface area (Å²) in [5.41, 5.74) is -1.31. The smallest absolute Gasteiger partial charge is 0.412 e. The van der Waals surface area contributed by atoms with Gasteiger partial charge in [0.2, 0.25) is 5.78 Å². The van der Waals surface area contributed by atoms with Crippen LogP contribution in [0.4, 0.5) is 19.3 Å². The highest BCUT2D eigenvalue weighted by atomic mass is 35.5. The minimum Gasteiger partial charge on any atom is -0.456 e. The Kier molecular flexibility index (Phi) is 7.43. The molecule has 0 saturated heterocycles. The molecule has 1 saturated carbocycles. The Morgan fingerprint density at radius 3 is 2.60 bits per heavy atom. The van der Waals surface area contributed by atoms with Crippen molar-refractivity contribution in [1.29, 1.82) is 0 Å². The van der Waals surface area contributed by atoms with E-state index in [0.29, 0.717) is 34.2 Å². The zero-order valence-corrected chi connectivity index (χ0v) is 24.7. The van der Waals surface area contributed by atoms with E-state index in [2.05, 4.69) is 25.8 Å². The number of aromatic nitrogens is 6. The molecule has 2 aliphatic rings. The van der Waals surface area contributed by atoms with Gasteiger partial charge in [-0.1, -0.05) is 11.6 Å². The van der Waals surface area contributed by atoms with E-state index in [9.17, 15) is 28.0 Å². The third-order valence-electron chi connectivity index (χ3n) is 7.27. The van der Waals surface area contributed by atoms with Crippen molar-refractivity contribution in [3.05, 3.63) is 81.1 Å². The number of nitrogens with one attached hydrogen (secondary N) is 1. The lowest BCUT2D eigenvalue weighted by Gasteiger charge is -2.20. The van der Waals surface area contributed by atoms with Crippen molar-refractivity contribution in [2.24, 2.45) is 5.92 Å². The van der Waals surface area contributed by atoms with E-state index in [1.165, 1.54) is 21.6 Å². The summed E-state index contributed by atoms with van der Waals surface area (Å²) in [5.74, 6) is -5.03. The fourth-order valence-electron chi connectivity index (χ4n) is 5.28. The van der Waals surface area contributed by atoms with E-state index < -0.39 is 64.5 Å². The van der Waals surface area contributed by atoms with E-state index in [0.717, 1.165) is 12.1 Å². The molecule has 16 heteroatoms. The molecule has 3 heterocycles. The van der Waals surface area contributed by atoms with Gasteiger partial charge in [-0.2, -0.15) is 4.68 Å². The van der Waals surface area contributed by atoms with Crippen LogP contribution in [0.5, 0.6) is 0 Å². The molecule has 1 fully saturated rings. The second-order valence-electron chi connectivity index (χ2n) is 11.5. The fourth-order valence-corrected chi connectivity index (χ4v) is 5.45. The summed E-state index contributed by atoms with van der Waals surface area (Å²) in [4.78, 5) is 55.8. The monoisotopic (exact) mass is 639 g/mol. The summed E-state index contributed by atoms with van der Waals surface area (Å²) in [6, 6.07) is 7.10. The molecule has 45 heavy (non-hydrogen) atoms. The molecule has 0 bridgehead atoms. The number of halogens is 3. The van der Waals surface area contributed by atoms with Crippen molar-refractivity contribution in [3.8, 4) is 16.9 Å². The maximum atomic E-state index is 14.8. The molecule has 1 N–H and O–H groups in total. The topological polar surface area (TPSA) is 160 Å². The lowest BCUT2D eigenvalue weighted by molar-refractivity contribution is -0.147. The van der Waals surface area contributed by atoms with Crippen LogP contribution in [0.1, 0.15) is 55.3 Å². The van der Waals surface area contributed by atoms with Crippen LogP contribution in [-0.4, -0.2) is 59.8 Å². The molecular formula is C29H24ClF2N7O6. The van der Waals surface area contributed by atoms with Gasteiger partial charge in [-0.15, -0.1) is 5.10 Å². The number of esters is 1. The first kappa shape index (κ1) is 30.0. The first-order valence-electron chi connectivity index (χ1n) is 13.7. The third kappa shape index (κ3) is 5.78. The van der Waals surface area contributed by atoms with Crippen molar-refractivity contribution in [3.63, 3.8) is 0 Å². The van der Waals surface area contributed by atoms with Crippen molar-refractivity contribution < 1.29 is 32.6 Å². The minimum atomic E-state index is -1.53. The number of anilines is 1. The molecule has 1 aliphatic heterocycles. The number of tetrazole rings is 1. The van der Waals surface area contributed by atoms with Gasteiger partial charge in [0.15, 0.2) is 18.2 Å². The van der Waals surface area contributed by atoms with Crippen molar-refractivity contribution >= 4 is 35.1 Å². The van der Waals surface area contributed by atoms with E-state index in [1.807, 2.05) is 0 Å². The van der Waals surface area contributed by atoms with Gasteiger partial charge in [-0.25, -0.2) is 23.4 Å². The number of hydrogen-bond acceptors (Lipinski definition) is 10. The van der Waals surface area contributed by atoms with Gasteiger partial charge < -0.3 is 9.47 Å². The number of rotatable bonds is 7. The van der Waals surface area contributed by atoms with Crippen molar-refractivity contribution in [2.45, 2.75) is 44.8 Å². The molecule has 1 aliphatic carbocycles. The largest absolute Gasteiger partial charge is 0.456 e. The Bertz CT molecular complexity index is 1930. The molecule has 0 unspecified atom stereocenters. The number of fused-ring (bicyclic) bond motifs is 3. The van der Waals surface area contributed by atoms with Crippen LogP contribution in [-0.2, 0) is 14.3 Å². The standard InChI is InChI=1S/C29H24ClF2N7O6/c1-29(2,3)45-28(43)35-18-6-5-14(23(31)24(18)32)21(40)11-44-27(42)25-15-9-16(15)26-34-19(10-22(41)39(25)26)17-8-13(30)4-7-20(17)38-12-33-36-37-38/h4-8,10,12,15-16,25H,9,11H2,1-3H3,(H,35,43)/t15-,16+,25-/m0/s1. The zero-order chi connectivity index (χ0) is 32.2. The average molecular weight is 640 g/mol. The summed E-state index contributed by atoms with van der Waals surface area (Å²) in [5, 5.41) is 13.7. The number of carbonyl (C=O) groups excluding carboxylic acids is 3. The van der Waals surface area contributed by atoms with Crippen LogP contribution < -0.4 is 10.9 Å². The lowest BCUT2D eigenvalue weighted by Crippen LogP contribution is -2.32. The van der Waals surface area contributed by atoms with Crippen molar-refractivity contribution in [2.75, 3.05) is 11.9 Å². The average Bonchev–Trinajstić information content (AvgIpc) is 3.40. The number of amides is 1. The number of carbonyl (C=O) groups is 3. The van der Waals surface area contributed by atoms with E-state index in [1.54, 1.807) is 39.0 Å². The van der Waals surface area contributed by atoms with Gasteiger partial charge in [0, 0.05) is 28.5 Å². The van der Waals surface area contributed by atoms with Gasteiger partial charge in [0.25, 0.3) is 5.56 Å². The molecular weight excluding hydrogens is 616 g/mol. The highest BCUT2D eigenvalue weighted by molar-refractivity contribution is 6.31. The fraction of sp³-hybridized carbons (Fsp3) is 0.310. The van der Waals surface area contributed by atoms with Gasteiger partial charge in [0.1, 0.15) is 23.8 Å². The van der Waals surface area contributed by atoms with Crippen molar-refractivity contribution in [1.82, 2.24) is 29.8 Å². The Morgan fingerprint density at radius 2 is 1.89 bits per heavy atom. The molecule has 2 aromatic carbocycles. The summed E-state index contributed by atoms with van der Waals surface area (Å²) < 4.78 is 42.2. The first-order valence-corrected chi connectivity index (χ1v) is 14.0. The van der Waals surface area contributed by atoms with E-state index >= 15 is 0 Å². The molecule has 3 atom stereocenters. The van der Waals surface area contributed by atoms with Crippen LogP contribution in [0.25, 0.3) is 16.9 Å². The predicted octanol–water partition coefficient (Wildman–Crippen LogP) is 4.25. The Balaban J connectivity index is 1.19. The maximum Gasteiger partial charge on any atom is 0.412 e. The number of ketones is 1. The molecule has 1 amide bonds. The summed E-state index contributed by atoms with van der Waals surface area (Å²) in [6.45, 7) is 3.89. The highest BCUT2D eigenvalue weighted by Crippen LogP contribution is 2.58. The number of hydrogen-bond donors (Lipinski definition) is 1. The second kappa shape index (κ2) is 11.1. The maximum absolute atomic E-state index is 14.8. The molecule has 0 spiro atoms. The molecule has 4 aromatic rings. The van der Waals surface area contributed by atoms with Gasteiger partial charge in [-0.3, -0.25) is 19.5 Å². The minimum absolute atomic E-state index is 0.196. The normalized spacial score (nSPS) is 18.1. The van der Waals surface area contributed by atoms with E-state index in [-0.39, 0.29) is 11.8 Å². The van der Waals surface area contributed by atoms with Gasteiger partial charge >= 0.3 is 12.1 Å². The molecule has 13 nitrogen and oxygen atoms in total. The molecule has 0 radical (unpaired) electrons.